The van der Waals surface area contributed by atoms with Gasteiger partial charge in [0.05, 0.1) is 24.0 Å². The van der Waals surface area contributed by atoms with E-state index in [9.17, 15) is 4.79 Å². The van der Waals surface area contributed by atoms with Crippen LogP contribution in [0.15, 0.2) is 18.5 Å². The second kappa shape index (κ2) is 6.16. The molecule has 2 heterocycles. The van der Waals surface area contributed by atoms with Crippen molar-refractivity contribution in [3.63, 3.8) is 0 Å². The first kappa shape index (κ1) is 15.2. The predicted molar refractivity (Wildman–Crippen MR) is 83.0 cm³/mol. The number of ether oxygens (including phenoxy) is 1. The number of amides is 1. The molecule has 2 N–H and O–H groups in total. The average molecular weight is 313 g/mol. The van der Waals surface area contributed by atoms with E-state index in [2.05, 4.69) is 15.4 Å². The van der Waals surface area contributed by atoms with E-state index in [4.69, 9.17) is 10.00 Å². The van der Waals surface area contributed by atoms with Gasteiger partial charge in [0.1, 0.15) is 17.9 Å². The van der Waals surface area contributed by atoms with Crippen LogP contribution in [0.3, 0.4) is 0 Å². The largest absolute Gasteiger partial charge is 0.485 e. The molecule has 0 aromatic carbocycles. The number of aryl methyl sites for hydroxylation is 2. The van der Waals surface area contributed by atoms with E-state index >= 15 is 0 Å². The first-order valence-electron chi connectivity index (χ1n) is 7.62. The van der Waals surface area contributed by atoms with Crippen molar-refractivity contribution in [3.05, 3.63) is 35.4 Å². The molecule has 2 aromatic rings. The number of carbonyl (C=O) groups is 1. The Kier molecular flexibility index (Phi) is 4.06. The van der Waals surface area contributed by atoms with Gasteiger partial charge in [-0.05, 0) is 32.3 Å². The Bertz CT molecular complexity index is 755. The second-order valence-electron chi connectivity index (χ2n) is 5.85. The number of hydrogen-bond donors (Lipinski definition) is 2. The first-order valence-corrected chi connectivity index (χ1v) is 7.62. The number of hydrogen-bond acceptors (Lipinski definition) is 4. The molecular formula is C16H19N5O2. The molecule has 1 fully saturated rings. The molecule has 1 amide bonds. The third-order valence-electron chi connectivity index (χ3n) is 4.12. The Balaban J connectivity index is 1.67. The van der Waals surface area contributed by atoms with Crippen molar-refractivity contribution >= 4 is 5.91 Å². The van der Waals surface area contributed by atoms with Crippen LogP contribution < -0.4 is 10.1 Å². The van der Waals surface area contributed by atoms with Crippen molar-refractivity contribution in [2.24, 2.45) is 7.05 Å². The Morgan fingerprint density at radius 2 is 2.39 bits per heavy atom. The number of aromatic amines is 1. The topological polar surface area (TPSA) is 95.7 Å². The van der Waals surface area contributed by atoms with Gasteiger partial charge < -0.3 is 15.0 Å². The highest BCUT2D eigenvalue weighted by atomic mass is 16.5. The van der Waals surface area contributed by atoms with E-state index in [0.29, 0.717) is 22.7 Å². The van der Waals surface area contributed by atoms with E-state index in [0.717, 1.165) is 19.3 Å². The lowest BCUT2D eigenvalue weighted by Gasteiger charge is -2.21. The molecule has 0 radical (unpaired) electrons. The molecule has 1 aliphatic carbocycles. The van der Waals surface area contributed by atoms with Gasteiger partial charge in [-0.15, -0.1) is 0 Å². The third-order valence-corrected chi connectivity index (χ3v) is 4.12. The molecule has 2 atom stereocenters. The van der Waals surface area contributed by atoms with Crippen molar-refractivity contribution in [1.82, 2.24) is 20.1 Å². The van der Waals surface area contributed by atoms with Crippen LogP contribution in [0.5, 0.6) is 5.75 Å². The van der Waals surface area contributed by atoms with Crippen molar-refractivity contribution < 1.29 is 9.53 Å². The van der Waals surface area contributed by atoms with E-state index in [1.54, 1.807) is 23.9 Å². The molecule has 3 rings (SSSR count). The number of H-pyrrole nitrogens is 1. The summed E-state index contributed by atoms with van der Waals surface area (Å²) in [6.07, 6.45) is 6.21. The fraction of sp³-hybridized carbons (Fsp3) is 0.438. The first-order chi connectivity index (χ1) is 11.1. The molecular weight excluding hydrogens is 294 g/mol. The number of nitrogens with zero attached hydrogens (tertiary/aromatic N) is 3. The standard InChI is InChI=1S/C16H19N5O2/c1-10-13(6-11(7-17)19-10)16(22)20-14-4-3-5-15(14)23-12-8-18-21(2)9-12/h6,8-9,14-15,19H,3-5H2,1-2H3,(H,20,22)/t14-,15+/m0/s1. The van der Waals surface area contributed by atoms with E-state index in [1.165, 1.54) is 0 Å². The molecule has 23 heavy (non-hydrogen) atoms. The normalized spacial score (nSPS) is 20.2. The van der Waals surface area contributed by atoms with Crippen LogP contribution in [-0.2, 0) is 7.05 Å². The molecule has 7 nitrogen and oxygen atoms in total. The number of nitrogens with one attached hydrogen (secondary N) is 2. The molecule has 0 bridgehead atoms. The highest BCUT2D eigenvalue weighted by Crippen LogP contribution is 2.25. The van der Waals surface area contributed by atoms with Crippen molar-refractivity contribution in [2.45, 2.75) is 38.3 Å². The van der Waals surface area contributed by atoms with Gasteiger partial charge in [-0.1, -0.05) is 0 Å². The summed E-state index contributed by atoms with van der Waals surface area (Å²) >= 11 is 0. The fourth-order valence-corrected chi connectivity index (χ4v) is 2.97. The zero-order chi connectivity index (χ0) is 16.4. The number of carbonyl (C=O) groups excluding carboxylic acids is 1. The summed E-state index contributed by atoms with van der Waals surface area (Å²) in [6.45, 7) is 1.79. The summed E-state index contributed by atoms with van der Waals surface area (Å²) in [7, 11) is 1.84. The maximum Gasteiger partial charge on any atom is 0.253 e. The minimum Gasteiger partial charge on any atom is -0.485 e. The average Bonchev–Trinajstić information content (AvgIpc) is 3.21. The predicted octanol–water partition coefficient (Wildman–Crippen LogP) is 1.66. The SMILES string of the molecule is Cc1[nH]c(C#N)cc1C(=O)N[C@H]1CCC[C@H]1Oc1cnn(C)c1. The van der Waals surface area contributed by atoms with Crippen LogP contribution in [-0.4, -0.2) is 32.8 Å². The molecule has 0 aliphatic heterocycles. The Morgan fingerprint density at radius 1 is 1.57 bits per heavy atom. The Morgan fingerprint density at radius 3 is 3.04 bits per heavy atom. The number of nitriles is 1. The van der Waals surface area contributed by atoms with Gasteiger partial charge in [0.25, 0.3) is 5.91 Å². The summed E-state index contributed by atoms with van der Waals surface area (Å²) in [5, 5.41) is 16.0. The summed E-state index contributed by atoms with van der Waals surface area (Å²) < 4.78 is 7.63. The summed E-state index contributed by atoms with van der Waals surface area (Å²) in [4.78, 5) is 15.3. The van der Waals surface area contributed by atoms with Crippen LogP contribution in [0.4, 0.5) is 0 Å². The smallest absolute Gasteiger partial charge is 0.253 e. The highest BCUT2D eigenvalue weighted by molar-refractivity contribution is 5.96. The van der Waals surface area contributed by atoms with Crippen LogP contribution in [0.1, 0.15) is 41.0 Å². The Labute approximate surface area is 134 Å². The van der Waals surface area contributed by atoms with Gasteiger partial charge in [-0.3, -0.25) is 9.48 Å². The third kappa shape index (κ3) is 3.21. The van der Waals surface area contributed by atoms with E-state index < -0.39 is 0 Å². The van der Waals surface area contributed by atoms with Gasteiger partial charge in [0, 0.05) is 12.7 Å². The van der Waals surface area contributed by atoms with Crippen LogP contribution in [0, 0.1) is 18.3 Å². The van der Waals surface area contributed by atoms with Crippen molar-refractivity contribution in [2.75, 3.05) is 0 Å². The maximum atomic E-state index is 12.4. The highest BCUT2D eigenvalue weighted by Gasteiger charge is 2.31. The van der Waals surface area contributed by atoms with Crippen LogP contribution in [0.2, 0.25) is 0 Å². The number of aromatic nitrogens is 3. The molecule has 1 aliphatic rings. The van der Waals surface area contributed by atoms with Gasteiger partial charge in [0.15, 0.2) is 5.75 Å². The van der Waals surface area contributed by atoms with Crippen molar-refractivity contribution in [1.29, 1.82) is 5.26 Å². The fourth-order valence-electron chi connectivity index (χ4n) is 2.97. The van der Waals surface area contributed by atoms with Gasteiger partial charge in [-0.25, -0.2) is 0 Å². The monoisotopic (exact) mass is 313 g/mol. The minimum absolute atomic E-state index is 0.0393. The summed E-state index contributed by atoms with van der Waals surface area (Å²) in [6, 6.07) is 3.55. The molecule has 2 aromatic heterocycles. The number of rotatable bonds is 4. The zero-order valence-corrected chi connectivity index (χ0v) is 13.2. The summed E-state index contributed by atoms with van der Waals surface area (Å²) in [5.74, 6) is 0.537. The molecule has 120 valence electrons. The van der Waals surface area contributed by atoms with Gasteiger partial charge >= 0.3 is 0 Å². The quantitative estimate of drug-likeness (QED) is 0.897. The molecule has 0 unspecified atom stereocenters. The zero-order valence-electron chi connectivity index (χ0n) is 13.2. The summed E-state index contributed by atoms with van der Waals surface area (Å²) in [5.41, 5.74) is 1.59. The van der Waals surface area contributed by atoms with Crippen LogP contribution >= 0.6 is 0 Å². The lowest BCUT2D eigenvalue weighted by molar-refractivity contribution is 0.0893. The van der Waals surface area contributed by atoms with Crippen molar-refractivity contribution in [3.8, 4) is 11.8 Å². The van der Waals surface area contributed by atoms with Crippen LogP contribution in [0.25, 0.3) is 0 Å². The molecule has 7 heteroatoms. The minimum atomic E-state index is -0.174. The Hall–Kier alpha value is -2.75. The van der Waals surface area contributed by atoms with E-state index in [-0.39, 0.29) is 18.1 Å². The molecule has 0 spiro atoms. The van der Waals surface area contributed by atoms with E-state index in [1.807, 2.05) is 19.3 Å². The second-order valence-corrected chi connectivity index (χ2v) is 5.85. The molecule has 0 saturated heterocycles. The van der Waals surface area contributed by atoms with Gasteiger partial charge in [0.2, 0.25) is 0 Å². The molecule has 1 saturated carbocycles. The van der Waals surface area contributed by atoms with Gasteiger partial charge in [-0.2, -0.15) is 10.4 Å². The lowest BCUT2D eigenvalue weighted by atomic mass is 10.1. The lowest BCUT2D eigenvalue weighted by Crippen LogP contribution is -2.42. The maximum absolute atomic E-state index is 12.4.